The molecule has 37 heavy (non-hydrogen) atoms. The summed E-state index contributed by atoms with van der Waals surface area (Å²) in [7, 11) is 1.35. The van der Waals surface area contributed by atoms with E-state index < -0.39 is 35.9 Å². The number of morpholine rings is 1. The highest BCUT2D eigenvalue weighted by Crippen LogP contribution is 2.45. The van der Waals surface area contributed by atoms with Gasteiger partial charge in [0.2, 0.25) is 0 Å². The normalized spacial score (nSPS) is 16.6. The average molecular weight is 523 g/mol. The summed E-state index contributed by atoms with van der Waals surface area (Å²) in [6.45, 7) is 4.87. The number of hydrogen-bond donors (Lipinski definition) is 2. The molecule has 6 nitrogen and oxygen atoms in total. The Morgan fingerprint density at radius 2 is 1.81 bits per heavy atom. The maximum Gasteiger partial charge on any atom is 0.417 e. The second-order valence-corrected chi connectivity index (χ2v) is 10.1. The van der Waals surface area contributed by atoms with Crippen LogP contribution in [0.3, 0.4) is 0 Å². The molecule has 0 radical (unpaired) electrons. The number of hydrogen-bond acceptors (Lipinski definition) is 4. The van der Waals surface area contributed by atoms with Crippen molar-refractivity contribution in [2.45, 2.75) is 43.9 Å². The van der Waals surface area contributed by atoms with Gasteiger partial charge in [-0.25, -0.2) is 4.39 Å². The van der Waals surface area contributed by atoms with Gasteiger partial charge in [-0.15, -0.1) is 0 Å². The van der Waals surface area contributed by atoms with Crippen LogP contribution in [-0.4, -0.2) is 66.1 Å². The summed E-state index contributed by atoms with van der Waals surface area (Å²) in [6.07, 6.45) is -6.46. The van der Waals surface area contributed by atoms with Gasteiger partial charge in [-0.2, -0.15) is 13.2 Å². The lowest BCUT2D eigenvalue weighted by atomic mass is 9.73. The second-order valence-electron chi connectivity index (χ2n) is 10.1. The van der Waals surface area contributed by atoms with Gasteiger partial charge in [-0.05, 0) is 54.3 Å². The largest absolute Gasteiger partial charge is 0.496 e. The van der Waals surface area contributed by atoms with Crippen LogP contribution in [0.2, 0.25) is 0 Å². The number of halogens is 4. The number of nitrogens with one attached hydrogen (secondary N) is 1. The third-order valence-electron chi connectivity index (χ3n) is 6.86. The highest BCUT2D eigenvalue weighted by molar-refractivity contribution is 5.98. The number of rotatable bonds is 7. The summed E-state index contributed by atoms with van der Waals surface area (Å²) in [4.78, 5) is 17.4. The second kappa shape index (κ2) is 9.98. The van der Waals surface area contributed by atoms with E-state index in [9.17, 15) is 27.5 Å². The fourth-order valence-electron chi connectivity index (χ4n) is 4.98. The first-order valence-corrected chi connectivity index (χ1v) is 11.9. The molecule has 1 aliphatic heterocycles. The molecule has 0 saturated carbocycles. The third-order valence-corrected chi connectivity index (χ3v) is 6.86. The first-order valence-electron chi connectivity index (χ1n) is 11.9. The Labute approximate surface area is 212 Å². The van der Waals surface area contributed by atoms with Gasteiger partial charge in [-0.1, -0.05) is 13.8 Å². The quantitative estimate of drug-likeness (QED) is 0.429. The number of methoxy groups -OCH3 is 1. The maximum atomic E-state index is 14.3. The number of aromatic nitrogens is 1. The van der Waals surface area contributed by atoms with Gasteiger partial charge in [0.1, 0.15) is 11.6 Å². The van der Waals surface area contributed by atoms with Crippen LogP contribution >= 0.6 is 0 Å². The summed E-state index contributed by atoms with van der Waals surface area (Å²) < 4.78 is 67.4. The van der Waals surface area contributed by atoms with Gasteiger partial charge in [-0.3, -0.25) is 4.79 Å². The predicted octanol–water partition coefficient (Wildman–Crippen LogP) is 4.99. The van der Waals surface area contributed by atoms with Crippen LogP contribution in [0.4, 0.5) is 17.6 Å². The van der Waals surface area contributed by atoms with Crippen LogP contribution in [0, 0.1) is 5.82 Å². The van der Waals surface area contributed by atoms with Gasteiger partial charge in [0.15, 0.2) is 5.60 Å². The molecule has 10 heteroatoms. The average Bonchev–Trinajstić information content (AvgIpc) is 3.24. The standard InChI is InChI=1S/C27H30F4N2O4/c1-25(2,21-14-19(28)5-7-23(21)36-3)16-26(35,27(29,30)31)15-20-13-18-12-17(4-6-22(18)32-20)24(34)33-8-10-37-11-9-33/h4-7,12-14,32,35H,8-11,15-16H2,1-3H3. The smallest absolute Gasteiger partial charge is 0.417 e. The van der Waals surface area contributed by atoms with E-state index in [2.05, 4.69) is 4.98 Å². The molecule has 2 heterocycles. The molecular formula is C27H30F4N2O4. The number of aliphatic hydroxyl groups is 1. The number of benzene rings is 2. The van der Waals surface area contributed by atoms with E-state index in [1.165, 1.54) is 33.1 Å². The molecule has 1 fully saturated rings. The number of amides is 1. The van der Waals surface area contributed by atoms with E-state index >= 15 is 0 Å². The highest BCUT2D eigenvalue weighted by atomic mass is 19.4. The predicted molar refractivity (Wildman–Crippen MR) is 130 cm³/mol. The number of carbonyl (C=O) groups is 1. The Hall–Kier alpha value is -3.11. The number of aromatic amines is 1. The summed E-state index contributed by atoms with van der Waals surface area (Å²) in [5.41, 5.74) is -3.06. The molecular weight excluding hydrogens is 492 g/mol. The van der Waals surface area contributed by atoms with E-state index in [0.29, 0.717) is 42.8 Å². The van der Waals surface area contributed by atoms with Crippen molar-refractivity contribution in [3.63, 3.8) is 0 Å². The topological polar surface area (TPSA) is 74.8 Å². The molecule has 0 spiro atoms. The number of H-pyrrole nitrogens is 1. The fourth-order valence-corrected chi connectivity index (χ4v) is 4.98. The SMILES string of the molecule is COc1ccc(F)cc1C(C)(C)CC(O)(Cc1cc2cc(C(=O)N3CCOCC3)ccc2[nH]1)C(F)(F)F. The van der Waals surface area contributed by atoms with Crippen LogP contribution < -0.4 is 4.74 Å². The summed E-state index contributed by atoms with van der Waals surface area (Å²) in [5.74, 6) is -0.554. The molecule has 2 N–H and O–H groups in total. The minimum absolute atomic E-state index is 0.160. The number of fused-ring (bicyclic) bond motifs is 1. The van der Waals surface area contributed by atoms with Crippen molar-refractivity contribution in [1.29, 1.82) is 0 Å². The zero-order chi connectivity index (χ0) is 27.0. The molecule has 200 valence electrons. The van der Waals surface area contributed by atoms with Gasteiger partial charge in [0.25, 0.3) is 5.91 Å². The maximum absolute atomic E-state index is 14.3. The molecule has 0 bridgehead atoms. The number of carbonyl (C=O) groups excluding carboxylic acids is 1. The Morgan fingerprint density at radius 3 is 2.46 bits per heavy atom. The number of alkyl halides is 3. The lowest BCUT2D eigenvalue weighted by Gasteiger charge is -2.38. The minimum atomic E-state index is -4.97. The summed E-state index contributed by atoms with van der Waals surface area (Å²) in [5, 5.41) is 11.6. The van der Waals surface area contributed by atoms with Crippen molar-refractivity contribution in [1.82, 2.24) is 9.88 Å². The van der Waals surface area contributed by atoms with Crippen LogP contribution in [0.25, 0.3) is 10.9 Å². The Bertz CT molecular complexity index is 1280. The minimum Gasteiger partial charge on any atom is -0.496 e. The van der Waals surface area contributed by atoms with E-state index in [-0.39, 0.29) is 22.9 Å². The van der Waals surface area contributed by atoms with Crippen LogP contribution in [-0.2, 0) is 16.6 Å². The first kappa shape index (κ1) is 26.9. The first-order chi connectivity index (χ1) is 17.3. The number of ether oxygens (including phenoxy) is 2. The monoisotopic (exact) mass is 522 g/mol. The summed E-state index contributed by atoms with van der Waals surface area (Å²) in [6, 6.07) is 10.0. The molecule has 0 aliphatic carbocycles. The Kier molecular flexibility index (Phi) is 7.27. The van der Waals surface area contributed by atoms with Crippen LogP contribution in [0.15, 0.2) is 42.5 Å². The fraction of sp³-hybridized carbons (Fsp3) is 0.444. The van der Waals surface area contributed by atoms with Gasteiger partial charge in [0.05, 0.1) is 20.3 Å². The Balaban J connectivity index is 1.62. The molecule has 1 aromatic heterocycles. The van der Waals surface area contributed by atoms with Crippen molar-refractivity contribution in [3.05, 3.63) is 65.1 Å². The lowest BCUT2D eigenvalue weighted by molar-refractivity contribution is -0.266. The van der Waals surface area contributed by atoms with Crippen molar-refractivity contribution in [2.24, 2.45) is 0 Å². The van der Waals surface area contributed by atoms with E-state index in [0.717, 1.165) is 12.1 Å². The molecule has 1 atom stereocenters. The van der Waals surface area contributed by atoms with Crippen molar-refractivity contribution in [2.75, 3.05) is 33.4 Å². The van der Waals surface area contributed by atoms with Crippen LogP contribution in [0.1, 0.15) is 41.9 Å². The molecule has 4 rings (SSSR count). The molecule has 1 unspecified atom stereocenters. The molecule has 1 aliphatic rings. The van der Waals surface area contributed by atoms with Gasteiger partial charge < -0.3 is 24.5 Å². The third kappa shape index (κ3) is 5.60. The number of nitrogens with zero attached hydrogens (tertiary/aromatic N) is 1. The van der Waals surface area contributed by atoms with Crippen LogP contribution in [0.5, 0.6) is 5.75 Å². The van der Waals surface area contributed by atoms with Crippen molar-refractivity contribution < 1.29 is 36.9 Å². The molecule has 2 aromatic carbocycles. The van der Waals surface area contributed by atoms with Crippen molar-refractivity contribution in [3.8, 4) is 5.75 Å². The Morgan fingerprint density at radius 1 is 1.11 bits per heavy atom. The van der Waals surface area contributed by atoms with E-state index in [1.54, 1.807) is 23.1 Å². The zero-order valence-corrected chi connectivity index (χ0v) is 20.9. The van der Waals surface area contributed by atoms with Gasteiger partial charge in [0, 0.05) is 47.2 Å². The zero-order valence-electron chi connectivity index (χ0n) is 20.9. The molecule has 1 amide bonds. The summed E-state index contributed by atoms with van der Waals surface area (Å²) >= 11 is 0. The highest BCUT2D eigenvalue weighted by Gasteiger charge is 2.56. The van der Waals surface area contributed by atoms with Gasteiger partial charge >= 0.3 is 6.18 Å². The molecule has 1 saturated heterocycles. The van der Waals surface area contributed by atoms with E-state index in [4.69, 9.17) is 9.47 Å². The van der Waals surface area contributed by atoms with Crippen molar-refractivity contribution >= 4 is 16.8 Å². The molecule has 3 aromatic rings. The lowest BCUT2D eigenvalue weighted by Crippen LogP contribution is -2.51. The van der Waals surface area contributed by atoms with E-state index in [1.807, 2.05) is 0 Å².